The molecule has 10 heteroatoms. The van der Waals surface area contributed by atoms with E-state index in [4.69, 9.17) is 9.47 Å². The van der Waals surface area contributed by atoms with Crippen molar-refractivity contribution in [2.24, 2.45) is 0 Å². The summed E-state index contributed by atoms with van der Waals surface area (Å²) in [5.41, 5.74) is 1.94. The number of aromatic nitrogens is 1. The molecule has 0 fully saturated rings. The van der Waals surface area contributed by atoms with Gasteiger partial charge in [-0.3, -0.25) is 10.1 Å². The average Bonchev–Trinajstić information content (AvgIpc) is 3.46. The number of nitrogens with zero attached hydrogens (tertiary/aromatic N) is 2. The summed E-state index contributed by atoms with van der Waals surface area (Å²) in [6, 6.07) is 18.9. The van der Waals surface area contributed by atoms with E-state index in [0.717, 1.165) is 10.3 Å². The maximum atomic E-state index is 13.1. The minimum Gasteiger partial charge on any atom is -0.454 e. The first-order valence-electron chi connectivity index (χ1n) is 10.6. The Morgan fingerprint density at radius 3 is 2.47 bits per heavy atom. The Balaban J connectivity index is 1.31. The van der Waals surface area contributed by atoms with Crippen molar-refractivity contribution in [3.8, 4) is 11.5 Å². The fourth-order valence-electron chi connectivity index (χ4n) is 3.62. The largest absolute Gasteiger partial charge is 0.454 e. The number of amides is 1. The molecule has 3 aromatic carbocycles. The van der Waals surface area contributed by atoms with Gasteiger partial charge in [-0.05, 0) is 29.8 Å². The lowest BCUT2D eigenvalue weighted by molar-refractivity contribution is 0.102. The average molecular weight is 496 g/mol. The first-order valence-corrected chi connectivity index (χ1v) is 12.9. The number of anilines is 1. The third kappa shape index (κ3) is 4.35. The Hall–Kier alpha value is -3.47. The van der Waals surface area contributed by atoms with Crippen molar-refractivity contribution in [1.29, 1.82) is 0 Å². The van der Waals surface area contributed by atoms with Crippen molar-refractivity contribution in [1.82, 2.24) is 9.29 Å². The number of nitrogens with one attached hydrogen (secondary N) is 1. The smallest absolute Gasteiger partial charge is 0.257 e. The van der Waals surface area contributed by atoms with Crippen LogP contribution in [0.3, 0.4) is 0 Å². The highest BCUT2D eigenvalue weighted by molar-refractivity contribution is 7.89. The minimum absolute atomic E-state index is 0.135. The van der Waals surface area contributed by atoms with Gasteiger partial charge in [0.25, 0.3) is 5.91 Å². The molecular formula is C24H21N3O5S2. The van der Waals surface area contributed by atoms with Gasteiger partial charge < -0.3 is 9.47 Å². The molecule has 1 aliphatic heterocycles. The molecule has 2 heterocycles. The van der Waals surface area contributed by atoms with Gasteiger partial charge in [-0.1, -0.05) is 48.6 Å². The molecule has 1 aliphatic rings. The van der Waals surface area contributed by atoms with Gasteiger partial charge in [0.1, 0.15) is 0 Å². The Morgan fingerprint density at radius 1 is 1.06 bits per heavy atom. The first-order chi connectivity index (χ1) is 16.4. The summed E-state index contributed by atoms with van der Waals surface area (Å²) < 4.78 is 39.3. The van der Waals surface area contributed by atoms with Gasteiger partial charge in [-0.15, -0.1) is 0 Å². The molecule has 0 bridgehead atoms. The number of hydrogen-bond acceptors (Lipinski definition) is 7. The van der Waals surface area contributed by atoms with Gasteiger partial charge >= 0.3 is 0 Å². The lowest BCUT2D eigenvalue weighted by Gasteiger charge is -2.20. The van der Waals surface area contributed by atoms with Crippen molar-refractivity contribution in [3.63, 3.8) is 0 Å². The van der Waals surface area contributed by atoms with Gasteiger partial charge in [0.15, 0.2) is 16.6 Å². The van der Waals surface area contributed by atoms with Gasteiger partial charge in [0.05, 0.1) is 15.1 Å². The van der Waals surface area contributed by atoms with Gasteiger partial charge in [0.2, 0.25) is 16.8 Å². The van der Waals surface area contributed by atoms with E-state index in [1.165, 1.54) is 39.9 Å². The standard InChI is InChI=1S/C24H21N3O5S2/c1-2-27(14-16-6-4-3-5-7-16)34(29,30)18-10-8-17(9-11-18)23(28)26-24-25-19-12-20-21(32-15-31-20)13-22(19)33-24/h3-13H,2,14-15H2,1H3,(H,25,26,28). The zero-order valence-corrected chi connectivity index (χ0v) is 19.9. The predicted molar refractivity (Wildman–Crippen MR) is 130 cm³/mol. The van der Waals surface area contributed by atoms with E-state index in [0.29, 0.717) is 34.3 Å². The number of carbonyl (C=O) groups excluding carboxylic acids is 1. The van der Waals surface area contributed by atoms with E-state index in [2.05, 4.69) is 10.3 Å². The van der Waals surface area contributed by atoms with Crippen LogP contribution in [-0.2, 0) is 16.6 Å². The van der Waals surface area contributed by atoms with Crippen LogP contribution in [0.25, 0.3) is 10.2 Å². The summed E-state index contributed by atoms with van der Waals surface area (Å²) >= 11 is 1.32. The molecule has 8 nitrogen and oxygen atoms in total. The van der Waals surface area contributed by atoms with Crippen molar-refractivity contribution < 1.29 is 22.7 Å². The Kier molecular flexibility index (Phi) is 5.94. The maximum Gasteiger partial charge on any atom is 0.257 e. The normalized spacial score (nSPS) is 12.9. The van der Waals surface area contributed by atoms with Gasteiger partial charge in [-0.2, -0.15) is 4.31 Å². The second-order valence-corrected chi connectivity index (χ2v) is 10.6. The van der Waals surface area contributed by atoms with Crippen LogP contribution in [0.5, 0.6) is 11.5 Å². The summed E-state index contributed by atoms with van der Waals surface area (Å²) in [7, 11) is -3.71. The number of sulfonamides is 1. The van der Waals surface area contributed by atoms with Crippen LogP contribution in [0.2, 0.25) is 0 Å². The van der Waals surface area contributed by atoms with Crippen molar-refractivity contribution in [2.75, 3.05) is 18.7 Å². The quantitative estimate of drug-likeness (QED) is 0.406. The Labute approximate surface area is 200 Å². The molecule has 1 N–H and O–H groups in total. The summed E-state index contributed by atoms with van der Waals surface area (Å²) in [6.45, 7) is 2.59. The van der Waals surface area contributed by atoms with E-state index in [-0.39, 0.29) is 24.1 Å². The molecule has 4 aromatic rings. The van der Waals surface area contributed by atoms with E-state index >= 15 is 0 Å². The lowest BCUT2D eigenvalue weighted by Crippen LogP contribution is -2.30. The number of benzene rings is 3. The number of fused-ring (bicyclic) bond motifs is 2. The van der Waals surface area contributed by atoms with E-state index in [1.54, 1.807) is 13.0 Å². The molecule has 0 atom stereocenters. The van der Waals surface area contributed by atoms with Crippen LogP contribution < -0.4 is 14.8 Å². The maximum absolute atomic E-state index is 13.1. The molecule has 0 unspecified atom stereocenters. The molecule has 0 radical (unpaired) electrons. The summed E-state index contributed by atoms with van der Waals surface area (Å²) in [5.74, 6) is 0.903. The van der Waals surface area contributed by atoms with Gasteiger partial charge in [0, 0.05) is 30.8 Å². The zero-order chi connectivity index (χ0) is 23.7. The lowest BCUT2D eigenvalue weighted by atomic mass is 10.2. The highest BCUT2D eigenvalue weighted by atomic mass is 32.2. The van der Waals surface area contributed by atoms with Crippen molar-refractivity contribution in [3.05, 3.63) is 77.9 Å². The van der Waals surface area contributed by atoms with E-state index in [1.807, 2.05) is 36.4 Å². The molecule has 1 aromatic heterocycles. The summed E-state index contributed by atoms with van der Waals surface area (Å²) in [5, 5.41) is 3.21. The third-order valence-electron chi connectivity index (χ3n) is 5.41. The third-order valence-corrected chi connectivity index (χ3v) is 8.28. The fraction of sp³-hybridized carbons (Fsp3) is 0.167. The molecular weight excluding hydrogens is 474 g/mol. The van der Waals surface area contributed by atoms with Crippen LogP contribution in [0, 0.1) is 0 Å². The first kappa shape index (κ1) is 22.3. The second-order valence-electron chi connectivity index (χ2n) is 7.59. The van der Waals surface area contributed by atoms with Crippen LogP contribution in [-0.4, -0.2) is 37.0 Å². The topological polar surface area (TPSA) is 97.8 Å². The molecule has 174 valence electrons. The van der Waals surface area contributed by atoms with E-state index < -0.39 is 10.0 Å². The van der Waals surface area contributed by atoms with Crippen LogP contribution in [0.1, 0.15) is 22.8 Å². The fourth-order valence-corrected chi connectivity index (χ4v) is 5.93. The molecule has 1 amide bonds. The van der Waals surface area contributed by atoms with Crippen molar-refractivity contribution in [2.45, 2.75) is 18.4 Å². The molecule has 34 heavy (non-hydrogen) atoms. The summed E-state index contributed by atoms with van der Waals surface area (Å²) in [6.07, 6.45) is 0. The number of carbonyl (C=O) groups is 1. The zero-order valence-electron chi connectivity index (χ0n) is 18.2. The highest BCUT2D eigenvalue weighted by Crippen LogP contribution is 2.39. The van der Waals surface area contributed by atoms with Crippen LogP contribution in [0.15, 0.2) is 71.6 Å². The minimum atomic E-state index is -3.71. The highest BCUT2D eigenvalue weighted by Gasteiger charge is 2.24. The predicted octanol–water partition coefficient (Wildman–Crippen LogP) is 4.49. The Morgan fingerprint density at radius 2 is 1.76 bits per heavy atom. The molecule has 5 rings (SSSR count). The monoisotopic (exact) mass is 495 g/mol. The van der Waals surface area contributed by atoms with Crippen LogP contribution in [0.4, 0.5) is 5.13 Å². The van der Waals surface area contributed by atoms with E-state index in [9.17, 15) is 13.2 Å². The number of thiazole rings is 1. The molecule has 0 spiro atoms. The molecule has 0 saturated heterocycles. The Bertz CT molecular complexity index is 1410. The molecule has 0 saturated carbocycles. The SMILES string of the molecule is CCN(Cc1ccccc1)S(=O)(=O)c1ccc(C(=O)Nc2nc3cc4c(cc3s2)OCO4)cc1. The second kappa shape index (κ2) is 9.05. The summed E-state index contributed by atoms with van der Waals surface area (Å²) in [4.78, 5) is 17.3. The number of rotatable bonds is 7. The number of ether oxygens (including phenoxy) is 2. The van der Waals surface area contributed by atoms with Gasteiger partial charge in [-0.25, -0.2) is 13.4 Å². The van der Waals surface area contributed by atoms with Crippen molar-refractivity contribution >= 4 is 42.6 Å². The van der Waals surface area contributed by atoms with Crippen LogP contribution >= 0.6 is 11.3 Å². The number of hydrogen-bond donors (Lipinski definition) is 1. The molecule has 0 aliphatic carbocycles.